The van der Waals surface area contributed by atoms with Gasteiger partial charge in [0.15, 0.2) is 0 Å². The lowest BCUT2D eigenvalue weighted by Crippen LogP contribution is -2.10. The van der Waals surface area contributed by atoms with Crippen LogP contribution < -0.4 is 16.2 Å². The van der Waals surface area contributed by atoms with Gasteiger partial charge in [-0.15, -0.1) is 0 Å². The smallest absolute Gasteiger partial charge is 0.147 e. The van der Waals surface area contributed by atoms with Gasteiger partial charge in [-0.3, -0.25) is 0 Å². The summed E-state index contributed by atoms with van der Waals surface area (Å²) >= 11 is 1.41. The van der Waals surface area contributed by atoms with E-state index in [1.165, 1.54) is 11.5 Å². The Morgan fingerprint density at radius 1 is 1.27 bits per heavy atom. The number of benzene rings is 1. The number of hydrogen-bond donors (Lipinski definition) is 2. The highest BCUT2D eigenvalue weighted by molar-refractivity contribution is 7.05. The summed E-state index contributed by atoms with van der Waals surface area (Å²) in [7, 11) is 1.67. The first-order chi connectivity index (χ1) is 10.7. The average molecular weight is 320 g/mol. The Kier molecular flexibility index (Phi) is 6.76. The predicted molar refractivity (Wildman–Crippen MR) is 90.2 cm³/mol. The van der Waals surface area contributed by atoms with E-state index in [0.717, 1.165) is 54.4 Å². The van der Waals surface area contributed by atoms with Gasteiger partial charge in [0.1, 0.15) is 16.6 Å². The molecule has 1 aromatic carbocycles. The van der Waals surface area contributed by atoms with Crippen molar-refractivity contribution in [2.24, 2.45) is 11.5 Å². The van der Waals surface area contributed by atoms with Gasteiger partial charge in [-0.1, -0.05) is 25.0 Å². The highest BCUT2D eigenvalue weighted by Gasteiger charge is 2.12. The number of rotatable bonds is 9. The molecule has 0 bridgehead atoms. The zero-order valence-corrected chi connectivity index (χ0v) is 13.8. The fraction of sp³-hybridized carbons (Fsp3) is 0.500. The van der Waals surface area contributed by atoms with Crippen molar-refractivity contribution in [2.45, 2.75) is 38.1 Å². The Hall–Kier alpha value is -1.50. The Morgan fingerprint density at radius 3 is 2.91 bits per heavy atom. The van der Waals surface area contributed by atoms with Crippen molar-refractivity contribution < 1.29 is 4.74 Å². The molecular formula is C16H24N4OS. The van der Waals surface area contributed by atoms with Gasteiger partial charge in [0.2, 0.25) is 0 Å². The minimum Gasteiger partial charge on any atom is -0.497 e. The van der Waals surface area contributed by atoms with Crippen LogP contribution in [0.3, 0.4) is 0 Å². The van der Waals surface area contributed by atoms with E-state index in [0.29, 0.717) is 6.42 Å². The van der Waals surface area contributed by atoms with Gasteiger partial charge in [0.05, 0.1) is 13.2 Å². The number of nitrogens with two attached hydrogens (primary N) is 2. The van der Waals surface area contributed by atoms with Crippen LogP contribution in [0, 0.1) is 0 Å². The summed E-state index contributed by atoms with van der Waals surface area (Å²) < 4.78 is 9.66. The SMILES string of the molecule is COc1cccc(Cc2nsc(C(N)CCCCCN)n2)c1. The minimum atomic E-state index is -0.0191. The fourth-order valence-electron chi connectivity index (χ4n) is 2.26. The Balaban J connectivity index is 1.90. The second kappa shape index (κ2) is 8.82. The first-order valence-electron chi connectivity index (χ1n) is 7.64. The van der Waals surface area contributed by atoms with Crippen molar-refractivity contribution in [3.63, 3.8) is 0 Å². The van der Waals surface area contributed by atoms with Crippen molar-refractivity contribution >= 4 is 11.5 Å². The zero-order chi connectivity index (χ0) is 15.8. The lowest BCUT2D eigenvalue weighted by molar-refractivity contribution is 0.414. The van der Waals surface area contributed by atoms with E-state index >= 15 is 0 Å². The van der Waals surface area contributed by atoms with Crippen LogP contribution in [0.4, 0.5) is 0 Å². The maximum Gasteiger partial charge on any atom is 0.147 e. The fourth-order valence-corrected chi connectivity index (χ4v) is 2.97. The molecule has 1 unspecified atom stereocenters. The molecule has 2 rings (SSSR count). The molecule has 0 amide bonds. The summed E-state index contributed by atoms with van der Waals surface area (Å²) in [6, 6.07) is 7.95. The van der Waals surface area contributed by atoms with Gasteiger partial charge in [-0.2, -0.15) is 4.37 Å². The third kappa shape index (κ3) is 5.05. The van der Waals surface area contributed by atoms with Crippen molar-refractivity contribution in [2.75, 3.05) is 13.7 Å². The van der Waals surface area contributed by atoms with Gasteiger partial charge in [-0.05, 0) is 48.6 Å². The molecule has 0 spiro atoms. The van der Waals surface area contributed by atoms with E-state index in [9.17, 15) is 0 Å². The maximum atomic E-state index is 6.19. The van der Waals surface area contributed by atoms with E-state index in [2.05, 4.69) is 15.4 Å². The normalized spacial score (nSPS) is 12.3. The molecule has 1 aromatic heterocycles. The van der Waals surface area contributed by atoms with Crippen LogP contribution in [0.2, 0.25) is 0 Å². The molecule has 0 saturated heterocycles. The molecule has 1 atom stereocenters. The summed E-state index contributed by atoms with van der Waals surface area (Å²) in [5.41, 5.74) is 12.8. The van der Waals surface area contributed by atoms with Gasteiger partial charge in [0.25, 0.3) is 0 Å². The summed E-state index contributed by atoms with van der Waals surface area (Å²) in [6.07, 6.45) is 4.91. The summed E-state index contributed by atoms with van der Waals surface area (Å²) in [5.74, 6) is 1.68. The number of nitrogens with zero attached hydrogens (tertiary/aromatic N) is 2. The Labute approximate surface area is 135 Å². The zero-order valence-electron chi connectivity index (χ0n) is 13.0. The lowest BCUT2D eigenvalue weighted by atomic mass is 10.1. The van der Waals surface area contributed by atoms with Crippen LogP contribution in [0.25, 0.3) is 0 Å². The standard InChI is InChI=1S/C16H24N4OS/c1-21-13-7-5-6-12(10-13)11-15-19-16(22-20-15)14(18)8-3-2-4-9-17/h5-7,10,14H,2-4,8-9,11,17-18H2,1H3. The number of methoxy groups -OCH3 is 1. The van der Waals surface area contributed by atoms with E-state index in [1.807, 2.05) is 18.2 Å². The Bertz CT molecular complexity index is 573. The second-order valence-corrected chi connectivity index (χ2v) is 6.11. The summed E-state index contributed by atoms with van der Waals surface area (Å²) in [6.45, 7) is 0.749. The highest BCUT2D eigenvalue weighted by atomic mass is 32.1. The van der Waals surface area contributed by atoms with Crippen LogP contribution in [0.1, 0.15) is 48.1 Å². The Morgan fingerprint density at radius 2 is 2.14 bits per heavy atom. The molecule has 0 aliphatic rings. The molecule has 0 radical (unpaired) electrons. The lowest BCUT2D eigenvalue weighted by Gasteiger charge is -2.06. The molecule has 2 aromatic rings. The highest BCUT2D eigenvalue weighted by Crippen LogP contribution is 2.21. The molecule has 0 saturated carbocycles. The van der Waals surface area contributed by atoms with Crippen molar-refractivity contribution in [3.05, 3.63) is 40.7 Å². The van der Waals surface area contributed by atoms with Crippen LogP contribution in [0.5, 0.6) is 5.75 Å². The van der Waals surface area contributed by atoms with E-state index in [1.54, 1.807) is 7.11 Å². The third-order valence-corrected chi connectivity index (χ3v) is 4.40. The van der Waals surface area contributed by atoms with Crippen LogP contribution in [-0.2, 0) is 6.42 Å². The number of unbranched alkanes of at least 4 members (excludes halogenated alkanes) is 2. The van der Waals surface area contributed by atoms with Gasteiger partial charge < -0.3 is 16.2 Å². The molecule has 0 aliphatic carbocycles. The van der Waals surface area contributed by atoms with Crippen LogP contribution in [0.15, 0.2) is 24.3 Å². The van der Waals surface area contributed by atoms with E-state index in [4.69, 9.17) is 16.2 Å². The molecular weight excluding hydrogens is 296 g/mol. The molecule has 0 aliphatic heterocycles. The van der Waals surface area contributed by atoms with Crippen molar-refractivity contribution in [1.29, 1.82) is 0 Å². The summed E-state index contributed by atoms with van der Waals surface area (Å²) in [5, 5.41) is 0.922. The maximum absolute atomic E-state index is 6.19. The van der Waals surface area contributed by atoms with Gasteiger partial charge >= 0.3 is 0 Å². The van der Waals surface area contributed by atoms with Gasteiger partial charge in [-0.25, -0.2) is 4.98 Å². The molecule has 4 N–H and O–H groups in total. The number of hydrogen-bond acceptors (Lipinski definition) is 6. The quantitative estimate of drug-likeness (QED) is 0.694. The molecule has 1 heterocycles. The average Bonchev–Trinajstić information content (AvgIpc) is 3.00. The van der Waals surface area contributed by atoms with E-state index < -0.39 is 0 Å². The molecule has 5 nitrogen and oxygen atoms in total. The molecule has 22 heavy (non-hydrogen) atoms. The molecule has 6 heteroatoms. The van der Waals surface area contributed by atoms with Crippen LogP contribution in [-0.4, -0.2) is 23.0 Å². The minimum absolute atomic E-state index is 0.0191. The number of ether oxygens (including phenoxy) is 1. The predicted octanol–water partition coefficient (Wildman–Crippen LogP) is 2.66. The molecule has 0 fully saturated rings. The first kappa shape index (κ1) is 16.9. The third-order valence-electron chi connectivity index (χ3n) is 3.52. The topological polar surface area (TPSA) is 87.0 Å². The largest absolute Gasteiger partial charge is 0.497 e. The van der Waals surface area contributed by atoms with E-state index in [-0.39, 0.29) is 6.04 Å². The van der Waals surface area contributed by atoms with Crippen molar-refractivity contribution in [1.82, 2.24) is 9.36 Å². The number of aromatic nitrogens is 2. The van der Waals surface area contributed by atoms with Crippen molar-refractivity contribution in [3.8, 4) is 5.75 Å². The van der Waals surface area contributed by atoms with Gasteiger partial charge in [0, 0.05) is 6.42 Å². The second-order valence-electron chi connectivity index (χ2n) is 5.32. The monoisotopic (exact) mass is 320 g/mol. The molecule has 120 valence electrons. The first-order valence-corrected chi connectivity index (χ1v) is 8.41. The summed E-state index contributed by atoms with van der Waals surface area (Å²) in [4.78, 5) is 4.58. The van der Waals surface area contributed by atoms with Crippen LogP contribution >= 0.6 is 11.5 Å².